The molecule has 1 heterocycles. The van der Waals surface area contributed by atoms with Crippen LogP contribution >= 0.6 is 0 Å². The van der Waals surface area contributed by atoms with Gasteiger partial charge in [-0.1, -0.05) is 12.8 Å². The predicted octanol–water partition coefficient (Wildman–Crippen LogP) is 1.76. The molecule has 1 amide bonds. The van der Waals surface area contributed by atoms with Crippen LogP contribution < -0.4 is 10.6 Å². The van der Waals surface area contributed by atoms with E-state index < -0.39 is 0 Å². The normalized spacial score (nSPS) is 24.2. The fourth-order valence-corrected chi connectivity index (χ4v) is 3.49. The summed E-state index contributed by atoms with van der Waals surface area (Å²) in [6.07, 6.45) is 9.69. The van der Waals surface area contributed by atoms with Crippen LogP contribution in [0, 0.1) is 5.92 Å². The second-order valence-electron chi connectivity index (χ2n) is 6.52. The Labute approximate surface area is 123 Å². The second-order valence-corrected chi connectivity index (χ2v) is 6.52. The Balaban J connectivity index is 1.51. The zero-order valence-corrected chi connectivity index (χ0v) is 13.0. The van der Waals surface area contributed by atoms with Gasteiger partial charge in [-0.05, 0) is 58.2 Å². The number of likely N-dealkylation sites (N-methyl/N-ethyl adjacent to an activating group) is 1. The number of rotatable bonds is 7. The standard InChI is InChI=1S/C16H31N3O/c1-19(15-6-2-3-7-15)12-11-18-16(20)9-8-14-5-4-10-17-13-14/h14-15,17H,2-13H2,1H3,(H,18,20). The number of piperidine rings is 1. The van der Waals surface area contributed by atoms with Gasteiger partial charge in [0.1, 0.15) is 0 Å². The highest BCUT2D eigenvalue weighted by molar-refractivity contribution is 5.75. The molecule has 1 saturated carbocycles. The van der Waals surface area contributed by atoms with E-state index in [0.717, 1.165) is 38.6 Å². The first kappa shape index (κ1) is 15.8. The summed E-state index contributed by atoms with van der Waals surface area (Å²) in [5.41, 5.74) is 0. The molecule has 4 nitrogen and oxygen atoms in total. The molecule has 1 aliphatic heterocycles. The van der Waals surface area contributed by atoms with Crippen molar-refractivity contribution < 1.29 is 4.79 Å². The fraction of sp³-hybridized carbons (Fsp3) is 0.938. The van der Waals surface area contributed by atoms with Crippen LogP contribution in [-0.2, 0) is 4.79 Å². The summed E-state index contributed by atoms with van der Waals surface area (Å²) in [7, 11) is 2.19. The van der Waals surface area contributed by atoms with Gasteiger partial charge in [-0.2, -0.15) is 0 Å². The first-order chi connectivity index (χ1) is 9.75. The van der Waals surface area contributed by atoms with Gasteiger partial charge in [0.15, 0.2) is 0 Å². The maximum Gasteiger partial charge on any atom is 0.220 e. The van der Waals surface area contributed by atoms with Crippen molar-refractivity contribution in [2.24, 2.45) is 5.92 Å². The van der Waals surface area contributed by atoms with E-state index >= 15 is 0 Å². The molecular formula is C16H31N3O. The van der Waals surface area contributed by atoms with Gasteiger partial charge in [0.2, 0.25) is 5.91 Å². The molecule has 0 bridgehead atoms. The van der Waals surface area contributed by atoms with Gasteiger partial charge >= 0.3 is 0 Å². The molecule has 1 unspecified atom stereocenters. The zero-order valence-electron chi connectivity index (χ0n) is 13.0. The first-order valence-corrected chi connectivity index (χ1v) is 8.43. The monoisotopic (exact) mass is 281 g/mol. The van der Waals surface area contributed by atoms with Crippen LogP contribution in [0.25, 0.3) is 0 Å². The minimum atomic E-state index is 0.232. The molecular weight excluding hydrogens is 250 g/mol. The third-order valence-electron chi connectivity index (χ3n) is 4.91. The Morgan fingerprint density at radius 1 is 1.25 bits per heavy atom. The molecule has 0 radical (unpaired) electrons. The van der Waals surface area contributed by atoms with Gasteiger partial charge < -0.3 is 15.5 Å². The molecule has 2 rings (SSSR count). The summed E-state index contributed by atoms with van der Waals surface area (Å²) in [6.45, 7) is 4.03. The van der Waals surface area contributed by atoms with Crippen molar-refractivity contribution in [3.05, 3.63) is 0 Å². The molecule has 0 spiro atoms. The van der Waals surface area contributed by atoms with E-state index in [0.29, 0.717) is 12.3 Å². The van der Waals surface area contributed by atoms with Gasteiger partial charge in [-0.25, -0.2) is 0 Å². The Morgan fingerprint density at radius 3 is 2.75 bits per heavy atom. The van der Waals surface area contributed by atoms with E-state index in [-0.39, 0.29) is 5.91 Å². The lowest BCUT2D eigenvalue weighted by Crippen LogP contribution is -2.37. The highest BCUT2D eigenvalue weighted by Gasteiger charge is 2.19. The van der Waals surface area contributed by atoms with E-state index in [4.69, 9.17) is 0 Å². The van der Waals surface area contributed by atoms with Crippen molar-refractivity contribution >= 4 is 5.91 Å². The molecule has 1 atom stereocenters. The van der Waals surface area contributed by atoms with E-state index in [9.17, 15) is 4.79 Å². The molecule has 2 fully saturated rings. The highest BCUT2D eigenvalue weighted by atomic mass is 16.1. The average Bonchev–Trinajstić information content (AvgIpc) is 3.00. The van der Waals surface area contributed by atoms with Crippen molar-refractivity contribution in [1.82, 2.24) is 15.5 Å². The molecule has 1 saturated heterocycles. The van der Waals surface area contributed by atoms with Gasteiger partial charge in [0.25, 0.3) is 0 Å². The van der Waals surface area contributed by atoms with E-state index in [1.807, 2.05) is 0 Å². The van der Waals surface area contributed by atoms with Crippen molar-refractivity contribution in [2.45, 2.75) is 57.4 Å². The lowest BCUT2D eigenvalue weighted by atomic mass is 9.94. The molecule has 116 valence electrons. The van der Waals surface area contributed by atoms with Crippen LogP contribution in [0.1, 0.15) is 51.4 Å². The summed E-state index contributed by atoms with van der Waals surface area (Å²) in [5.74, 6) is 0.936. The molecule has 4 heteroatoms. The zero-order chi connectivity index (χ0) is 14.2. The fourth-order valence-electron chi connectivity index (χ4n) is 3.49. The second kappa shape index (κ2) is 8.63. The third-order valence-corrected chi connectivity index (χ3v) is 4.91. The number of nitrogens with one attached hydrogen (secondary N) is 2. The largest absolute Gasteiger partial charge is 0.355 e. The van der Waals surface area contributed by atoms with Crippen LogP contribution in [0.2, 0.25) is 0 Å². The van der Waals surface area contributed by atoms with Crippen molar-refractivity contribution in [3.63, 3.8) is 0 Å². The number of carbonyl (C=O) groups is 1. The Hall–Kier alpha value is -0.610. The van der Waals surface area contributed by atoms with Crippen LogP contribution in [-0.4, -0.2) is 50.1 Å². The van der Waals surface area contributed by atoms with E-state index in [1.54, 1.807) is 0 Å². The van der Waals surface area contributed by atoms with Crippen molar-refractivity contribution in [1.29, 1.82) is 0 Å². The lowest BCUT2D eigenvalue weighted by Gasteiger charge is -2.24. The number of hydrogen-bond acceptors (Lipinski definition) is 3. The maximum absolute atomic E-state index is 11.8. The van der Waals surface area contributed by atoms with E-state index in [1.165, 1.54) is 38.5 Å². The summed E-state index contributed by atoms with van der Waals surface area (Å²) >= 11 is 0. The van der Waals surface area contributed by atoms with Crippen LogP contribution in [0.15, 0.2) is 0 Å². The Kier molecular flexibility index (Phi) is 6.80. The maximum atomic E-state index is 11.8. The average molecular weight is 281 g/mol. The van der Waals surface area contributed by atoms with Crippen LogP contribution in [0.5, 0.6) is 0 Å². The van der Waals surface area contributed by atoms with Crippen molar-refractivity contribution in [3.8, 4) is 0 Å². The number of carbonyl (C=O) groups excluding carboxylic acids is 1. The molecule has 0 aromatic heterocycles. The summed E-state index contributed by atoms with van der Waals surface area (Å²) < 4.78 is 0. The minimum Gasteiger partial charge on any atom is -0.355 e. The van der Waals surface area contributed by atoms with Gasteiger partial charge in [-0.15, -0.1) is 0 Å². The van der Waals surface area contributed by atoms with Crippen molar-refractivity contribution in [2.75, 3.05) is 33.2 Å². The molecule has 0 aromatic rings. The smallest absolute Gasteiger partial charge is 0.220 e. The van der Waals surface area contributed by atoms with Gasteiger partial charge in [0, 0.05) is 25.6 Å². The lowest BCUT2D eigenvalue weighted by molar-refractivity contribution is -0.121. The Morgan fingerprint density at radius 2 is 2.05 bits per heavy atom. The number of hydrogen-bond donors (Lipinski definition) is 2. The molecule has 2 N–H and O–H groups in total. The highest BCUT2D eigenvalue weighted by Crippen LogP contribution is 2.21. The third kappa shape index (κ3) is 5.41. The van der Waals surface area contributed by atoms with E-state index in [2.05, 4.69) is 22.6 Å². The minimum absolute atomic E-state index is 0.232. The topological polar surface area (TPSA) is 44.4 Å². The predicted molar refractivity (Wildman–Crippen MR) is 82.7 cm³/mol. The molecule has 2 aliphatic rings. The molecule has 1 aliphatic carbocycles. The first-order valence-electron chi connectivity index (χ1n) is 8.43. The SMILES string of the molecule is CN(CCNC(=O)CCC1CCCNC1)C1CCCC1. The number of amides is 1. The Bertz CT molecular complexity index is 283. The number of nitrogens with zero attached hydrogens (tertiary/aromatic N) is 1. The summed E-state index contributed by atoms with van der Waals surface area (Å²) in [6, 6.07) is 0.750. The van der Waals surface area contributed by atoms with Gasteiger partial charge in [-0.3, -0.25) is 4.79 Å². The molecule has 20 heavy (non-hydrogen) atoms. The summed E-state index contributed by atoms with van der Waals surface area (Å²) in [4.78, 5) is 14.3. The van der Waals surface area contributed by atoms with Crippen LogP contribution in [0.4, 0.5) is 0 Å². The quantitative estimate of drug-likeness (QED) is 0.747. The van der Waals surface area contributed by atoms with Gasteiger partial charge in [0.05, 0.1) is 0 Å². The summed E-state index contributed by atoms with van der Waals surface area (Å²) in [5, 5.41) is 6.49. The molecule has 0 aromatic carbocycles. The van der Waals surface area contributed by atoms with Crippen LogP contribution in [0.3, 0.4) is 0 Å².